The van der Waals surface area contributed by atoms with E-state index >= 15 is 0 Å². The molecule has 3 heterocycles. The number of nitro groups is 1. The van der Waals surface area contributed by atoms with Crippen LogP contribution in [0.4, 0.5) is 11.6 Å². The minimum atomic E-state index is -0.719. The second-order valence-corrected chi connectivity index (χ2v) is 5.55. The maximum Gasteiger partial charge on any atom is 0.433 e. The van der Waals surface area contributed by atoms with E-state index in [0.717, 1.165) is 6.07 Å². The SMILES string of the molecule is O=C(Nc1ccnc(Cl)c1)C1CN(C(=O)c2ccc([N+](=O)[O-])o2)C1. The molecule has 1 aliphatic rings. The third-order valence-electron chi connectivity index (χ3n) is 3.52. The molecular formula is C14H11ClN4O5. The molecule has 9 nitrogen and oxygen atoms in total. The predicted octanol–water partition coefficient (Wildman–Crippen LogP) is 1.95. The second-order valence-electron chi connectivity index (χ2n) is 5.16. The van der Waals surface area contributed by atoms with Crippen molar-refractivity contribution in [1.82, 2.24) is 9.88 Å². The van der Waals surface area contributed by atoms with Gasteiger partial charge in [0.1, 0.15) is 10.1 Å². The highest BCUT2D eigenvalue weighted by molar-refractivity contribution is 6.29. The molecule has 0 aromatic carbocycles. The van der Waals surface area contributed by atoms with Crippen molar-refractivity contribution in [2.45, 2.75) is 0 Å². The predicted molar refractivity (Wildman–Crippen MR) is 82.6 cm³/mol. The van der Waals surface area contributed by atoms with Gasteiger partial charge in [0, 0.05) is 25.0 Å². The molecule has 0 radical (unpaired) electrons. The van der Waals surface area contributed by atoms with Gasteiger partial charge in [0.15, 0.2) is 5.76 Å². The molecule has 1 saturated heterocycles. The molecule has 0 bridgehead atoms. The van der Waals surface area contributed by atoms with Gasteiger partial charge < -0.3 is 14.6 Å². The van der Waals surface area contributed by atoms with Crippen LogP contribution in [-0.4, -0.2) is 39.7 Å². The van der Waals surface area contributed by atoms with Crippen LogP contribution in [0.25, 0.3) is 0 Å². The molecule has 2 amide bonds. The molecule has 124 valence electrons. The summed E-state index contributed by atoms with van der Waals surface area (Å²) >= 11 is 5.74. The van der Waals surface area contributed by atoms with Gasteiger partial charge in [-0.15, -0.1) is 0 Å². The lowest BCUT2D eigenvalue weighted by Crippen LogP contribution is -2.54. The summed E-state index contributed by atoms with van der Waals surface area (Å²) in [4.78, 5) is 39.2. The van der Waals surface area contributed by atoms with Gasteiger partial charge in [0.2, 0.25) is 5.91 Å². The van der Waals surface area contributed by atoms with Gasteiger partial charge in [-0.1, -0.05) is 11.6 Å². The van der Waals surface area contributed by atoms with Crippen molar-refractivity contribution >= 4 is 35.0 Å². The van der Waals surface area contributed by atoms with Crippen molar-refractivity contribution in [3.8, 4) is 0 Å². The number of likely N-dealkylation sites (tertiary alicyclic amines) is 1. The zero-order valence-corrected chi connectivity index (χ0v) is 12.9. The maximum atomic E-state index is 12.1. The molecule has 2 aromatic heterocycles. The molecule has 0 spiro atoms. The number of nitrogens with one attached hydrogen (secondary N) is 1. The van der Waals surface area contributed by atoms with Gasteiger partial charge in [0.25, 0.3) is 5.91 Å². The van der Waals surface area contributed by atoms with Crippen molar-refractivity contribution in [2.24, 2.45) is 5.92 Å². The highest BCUT2D eigenvalue weighted by Crippen LogP contribution is 2.23. The molecule has 1 aliphatic heterocycles. The summed E-state index contributed by atoms with van der Waals surface area (Å²) in [5, 5.41) is 13.5. The van der Waals surface area contributed by atoms with Crippen LogP contribution in [0.15, 0.2) is 34.9 Å². The van der Waals surface area contributed by atoms with Gasteiger partial charge in [-0.05, 0) is 18.2 Å². The third kappa shape index (κ3) is 3.20. The summed E-state index contributed by atoms with van der Waals surface area (Å²) in [5.41, 5.74) is 0.520. The van der Waals surface area contributed by atoms with E-state index in [4.69, 9.17) is 16.0 Å². The first-order valence-electron chi connectivity index (χ1n) is 6.90. The van der Waals surface area contributed by atoms with E-state index in [0.29, 0.717) is 5.69 Å². The average molecular weight is 351 g/mol. The fourth-order valence-electron chi connectivity index (χ4n) is 2.23. The summed E-state index contributed by atoms with van der Waals surface area (Å²) in [6.45, 7) is 0.413. The fourth-order valence-corrected chi connectivity index (χ4v) is 2.41. The largest absolute Gasteiger partial charge is 0.433 e. The lowest BCUT2D eigenvalue weighted by molar-refractivity contribution is -0.402. The molecule has 10 heteroatoms. The van der Waals surface area contributed by atoms with E-state index in [1.54, 1.807) is 6.07 Å². The number of carbonyl (C=O) groups is 2. The first-order chi connectivity index (χ1) is 11.4. The third-order valence-corrected chi connectivity index (χ3v) is 3.72. The number of halogens is 1. The number of rotatable bonds is 4. The lowest BCUT2D eigenvalue weighted by Gasteiger charge is -2.37. The van der Waals surface area contributed by atoms with Gasteiger partial charge in [-0.25, -0.2) is 4.98 Å². The van der Waals surface area contributed by atoms with E-state index in [1.807, 2.05) is 0 Å². The quantitative estimate of drug-likeness (QED) is 0.511. The molecule has 24 heavy (non-hydrogen) atoms. The Morgan fingerprint density at radius 1 is 1.38 bits per heavy atom. The van der Waals surface area contributed by atoms with Gasteiger partial charge in [-0.3, -0.25) is 19.7 Å². The minimum absolute atomic E-state index is 0.124. The topological polar surface area (TPSA) is 119 Å². The number of carbonyl (C=O) groups excluding carboxylic acids is 2. The minimum Gasteiger partial charge on any atom is -0.395 e. The zero-order valence-electron chi connectivity index (χ0n) is 12.1. The van der Waals surface area contributed by atoms with Gasteiger partial charge >= 0.3 is 5.88 Å². The zero-order chi connectivity index (χ0) is 17.3. The number of anilines is 1. The van der Waals surface area contributed by atoms with Crippen LogP contribution in [0, 0.1) is 16.0 Å². The standard InChI is InChI=1S/C14H11ClN4O5/c15-11-5-9(3-4-16-11)17-13(20)8-6-18(7-8)14(21)10-1-2-12(24-10)19(22)23/h1-5,8H,6-7H2,(H,16,17,20). The molecule has 1 N–H and O–H groups in total. The van der Waals surface area contributed by atoms with E-state index in [1.165, 1.54) is 23.2 Å². The maximum absolute atomic E-state index is 12.1. The molecule has 3 rings (SSSR count). The molecule has 2 aromatic rings. The smallest absolute Gasteiger partial charge is 0.395 e. The van der Waals surface area contributed by atoms with Crippen LogP contribution in [0.5, 0.6) is 0 Å². The van der Waals surface area contributed by atoms with Crippen LogP contribution in [0.2, 0.25) is 5.15 Å². The first kappa shape index (κ1) is 15.9. The molecule has 0 unspecified atom stereocenters. The Kier molecular flexibility index (Phi) is 4.17. The Morgan fingerprint density at radius 2 is 2.12 bits per heavy atom. The average Bonchev–Trinajstić information content (AvgIpc) is 2.95. The highest BCUT2D eigenvalue weighted by Gasteiger charge is 2.37. The van der Waals surface area contributed by atoms with Gasteiger partial charge in [0.05, 0.1) is 12.0 Å². The number of hydrogen-bond donors (Lipinski definition) is 1. The molecular weight excluding hydrogens is 340 g/mol. The lowest BCUT2D eigenvalue weighted by atomic mass is 9.98. The normalized spacial score (nSPS) is 14.1. The summed E-state index contributed by atoms with van der Waals surface area (Å²) in [5.74, 6) is -1.72. The van der Waals surface area contributed by atoms with Crippen LogP contribution >= 0.6 is 11.6 Å². The van der Waals surface area contributed by atoms with Crippen LogP contribution in [0.3, 0.4) is 0 Å². The Morgan fingerprint density at radius 3 is 2.75 bits per heavy atom. The number of nitrogens with zero attached hydrogens (tertiary/aromatic N) is 3. The number of amides is 2. The van der Waals surface area contributed by atoms with E-state index in [9.17, 15) is 19.7 Å². The van der Waals surface area contributed by atoms with Crippen molar-refractivity contribution in [3.05, 3.63) is 51.5 Å². The summed E-state index contributed by atoms with van der Waals surface area (Å²) in [6.07, 6.45) is 1.47. The molecule has 1 fully saturated rings. The molecule has 0 saturated carbocycles. The van der Waals surface area contributed by atoms with Crippen LogP contribution in [0.1, 0.15) is 10.6 Å². The number of hydrogen-bond acceptors (Lipinski definition) is 6. The van der Waals surface area contributed by atoms with Crippen molar-refractivity contribution in [2.75, 3.05) is 18.4 Å². The highest BCUT2D eigenvalue weighted by atomic mass is 35.5. The number of pyridine rings is 1. The molecule has 0 atom stereocenters. The summed E-state index contributed by atoms with van der Waals surface area (Å²) in [7, 11) is 0. The van der Waals surface area contributed by atoms with Gasteiger partial charge in [-0.2, -0.15) is 0 Å². The van der Waals surface area contributed by atoms with E-state index in [2.05, 4.69) is 10.3 Å². The Hall–Kier alpha value is -2.94. The Balaban J connectivity index is 1.55. The monoisotopic (exact) mass is 350 g/mol. The molecule has 0 aliphatic carbocycles. The van der Waals surface area contributed by atoms with Crippen LogP contribution in [-0.2, 0) is 4.79 Å². The van der Waals surface area contributed by atoms with Crippen molar-refractivity contribution in [1.29, 1.82) is 0 Å². The Labute approximate surface area is 140 Å². The fraction of sp³-hybridized carbons (Fsp3) is 0.214. The summed E-state index contributed by atoms with van der Waals surface area (Å²) < 4.78 is 4.86. The number of aromatic nitrogens is 1. The van der Waals surface area contributed by atoms with E-state index in [-0.39, 0.29) is 35.8 Å². The second kappa shape index (κ2) is 6.28. The van der Waals surface area contributed by atoms with Crippen LogP contribution < -0.4 is 5.32 Å². The summed E-state index contributed by atoms with van der Waals surface area (Å²) in [6, 6.07) is 5.48. The number of furan rings is 1. The van der Waals surface area contributed by atoms with E-state index < -0.39 is 16.7 Å². The van der Waals surface area contributed by atoms with Crippen molar-refractivity contribution in [3.63, 3.8) is 0 Å². The first-order valence-corrected chi connectivity index (χ1v) is 7.28. The Bertz CT molecular complexity index is 815. The van der Waals surface area contributed by atoms with Crippen molar-refractivity contribution < 1.29 is 18.9 Å².